The predicted molar refractivity (Wildman–Crippen MR) is 77.9 cm³/mol. The monoisotopic (exact) mass is 274 g/mol. The SMILES string of the molecule is CCCOc1ccc(-c2ccc(C=C(F)F)cc2)cc1. The smallest absolute Gasteiger partial charge is 0.270 e. The van der Waals surface area contributed by atoms with E-state index in [1.807, 2.05) is 36.4 Å². The Morgan fingerprint density at radius 3 is 2.00 bits per heavy atom. The van der Waals surface area contributed by atoms with Gasteiger partial charge in [0.05, 0.1) is 6.61 Å². The van der Waals surface area contributed by atoms with Crippen molar-refractivity contribution in [2.45, 2.75) is 13.3 Å². The summed E-state index contributed by atoms with van der Waals surface area (Å²) >= 11 is 0. The molecule has 1 nitrogen and oxygen atoms in total. The van der Waals surface area contributed by atoms with E-state index in [1.165, 1.54) is 0 Å². The van der Waals surface area contributed by atoms with Crippen LogP contribution < -0.4 is 4.74 Å². The average Bonchev–Trinajstić information content (AvgIpc) is 2.46. The third-order valence-corrected chi connectivity index (χ3v) is 2.85. The molecule has 104 valence electrons. The van der Waals surface area contributed by atoms with Crippen molar-refractivity contribution >= 4 is 6.08 Å². The lowest BCUT2D eigenvalue weighted by Gasteiger charge is -2.06. The molecule has 0 aliphatic rings. The Labute approximate surface area is 117 Å². The number of rotatable bonds is 5. The molecular weight excluding hydrogens is 258 g/mol. The summed E-state index contributed by atoms with van der Waals surface area (Å²) in [4.78, 5) is 0. The highest BCUT2D eigenvalue weighted by Crippen LogP contribution is 2.23. The van der Waals surface area contributed by atoms with Gasteiger partial charge in [-0.25, -0.2) is 0 Å². The molecule has 0 radical (unpaired) electrons. The number of hydrogen-bond donors (Lipinski definition) is 0. The minimum Gasteiger partial charge on any atom is -0.494 e. The summed E-state index contributed by atoms with van der Waals surface area (Å²) in [6.45, 7) is 2.76. The second-order valence-electron chi connectivity index (χ2n) is 4.43. The fourth-order valence-corrected chi connectivity index (χ4v) is 1.86. The zero-order valence-electron chi connectivity index (χ0n) is 11.3. The molecule has 0 saturated heterocycles. The molecule has 0 bridgehead atoms. The Morgan fingerprint density at radius 1 is 0.950 bits per heavy atom. The summed E-state index contributed by atoms with van der Waals surface area (Å²) in [5, 5.41) is 0. The first-order chi connectivity index (χ1) is 9.69. The zero-order valence-corrected chi connectivity index (χ0v) is 11.3. The summed E-state index contributed by atoms with van der Waals surface area (Å²) in [5.41, 5.74) is 2.52. The van der Waals surface area contributed by atoms with Crippen LogP contribution in [0.1, 0.15) is 18.9 Å². The Balaban J connectivity index is 2.13. The van der Waals surface area contributed by atoms with Gasteiger partial charge < -0.3 is 4.74 Å². The van der Waals surface area contributed by atoms with Gasteiger partial charge in [0.15, 0.2) is 0 Å². The molecule has 0 aromatic heterocycles. The highest BCUT2D eigenvalue weighted by atomic mass is 19.3. The molecule has 20 heavy (non-hydrogen) atoms. The van der Waals surface area contributed by atoms with E-state index < -0.39 is 6.08 Å². The number of hydrogen-bond acceptors (Lipinski definition) is 1. The van der Waals surface area contributed by atoms with Gasteiger partial charge >= 0.3 is 0 Å². The highest BCUT2D eigenvalue weighted by Gasteiger charge is 1.99. The number of benzene rings is 2. The molecule has 0 aliphatic carbocycles. The van der Waals surface area contributed by atoms with Crippen molar-refractivity contribution in [1.29, 1.82) is 0 Å². The van der Waals surface area contributed by atoms with E-state index >= 15 is 0 Å². The molecule has 0 aliphatic heterocycles. The Hall–Kier alpha value is -2.16. The van der Waals surface area contributed by atoms with Crippen LogP contribution in [0.3, 0.4) is 0 Å². The Kier molecular flexibility index (Phi) is 4.88. The predicted octanol–water partition coefficient (Wildman–Crippen LogP) is 5.38. The summed E-state index contributed by atoms with van der Waals surface area (Å²) in [5.74, 6) is 0.842. The van der Waals surface area contributed by atoms with Crippen LogP contribution >= 0.6 is 0 Å². The highest BCUT2D eigenvalue weighted by molar-refractivity contribution is 5.66. The van der Waals surface area contributed by atoms with Crippen molar-refractivity contribution in [2.75, 3.05) is 6.61 Å². The maximum Gasteiger partial charge on any atom is 0.270 e. The van der Waals surface area contributed by atoms with E-state index in [0.717, 1.165) is 29.4 Å². The first-order valence-electron chi connectivity index (χ1n) is 6.55. The van der Waals surface area contributed by atoms with Crippen molar-refractivity contribution in [3.8, 4) is 16.9 Å². The van der Waals surface area contributed by atoms with E-state index in [2.05, 4.69) is 6.92 Å². The van der Waals surface area contributed by atoms with E-state index in [4.69, 9.17) is 4.74 Å². The van der Waals surface area contributed by atoms with Crippen molar-refractivity contribution < 1.29 is 13.5 Å². The molecule has 3 heteroatoms. The second kappa shape index (κ2) is 6.85. The maximum atomic E-state index is 12.1. The van der Waals surface area contributed by atoms with E-state index in [-0.39, 0.29) is 0 Å². The van der Waals surface area contributed by atoms with E-state index in [0.29, 0.717) is 12.2 Å². The van der Waals surface area contributed by atoms with Gasteiger partial charge in [0.2, 0.25) is 0 Å². The fourth-order valence-electron chi connectivity index (χ4n) is 1.86. The third kappa shape index (κ3) is 3.92. The van der Waals surface area contributed by atoms with Crippen LogP contribution in [0, 0.1) is 0 Å². The normalized spacial score (nSPS) is 10.2. The summed E-state index contributed by atoms with van der Waals surface area (Å²) in [7, 11) is 0. The molecule has 2 rings (SSSR count). The van der Waals surface area contributed by atoms with E-state index in [9.17, 15) is 8.78 Å². The second-order valence-corrected chi connectivity index (χ2v) is 4.43. The lowest BCUT2D eigenvalue weighted by molar-refractivity contribution is 0.317. The van der Waals surface area contributed by atoms with Crippen LogP contribution in [0.15, 0.2) is 54.6 Å². The van der Waals surface area contributed by atoms with Gasteiger partial charge in [-0.3, -0.25) is 0 Å². The molecule has 0 spiro atoms. The van der Waals surface area contributed by atoms with Crippen molar-refractivity contribution in [3.63, 3.8) is 0 Å². The fraction of sp³-hybridized carbons (Fsp3) is 0.176. The molecule has 0 heterocycles. The van der Waals surface area contributed by atoms with Crippen molar-refractivity contribution in [3.05, 3.63) is 60.2 Å². The molecular formula is C17H16F2O. The molecule has 0 amide bonds. The summed E-state index contributed by atoms with van der Waals surface area (Å²) in [6, 6.07) is 14.8. The quantitative estimate of drug-likeness (QED) is 0.711. The lowest BCUT2D eigenvalue weighted by Crippen LogP contribution is -1.94. The van der Waals surface area contributed by atoms with Crippen molar-refractivity contribution in [1.82, 2.24) is 0 Å². The Bertz CT molecular complexity index is 567. The third-order valence-electron chi connectivity index (χ3n) is 2.85. The molecule has 0 fully saturated rings. The number of ether oxygens (including phenoxy) is 1. The van der Waals surface area contributed by atoms with Gasteiger partial charge in [-0.15, -0.1) is 0 Å². The molecule has 2 aromatic rings. The van der Waals surface area contributed by atoms with Crippen LogP contribution in [-0.4, -0.2) is 6.61 Å². The van der Waals surface area contributed by atoms with Gasteiger partial charge in [0.25, 0.3) is 6.08 Å². The Morgan fingerprint density at radius 2 is 1.50 bits per heavy atom. The van der Waals surface area contributed by atoms with Gasteiger partial charge in [-0.05, 0) is 35.2 Å². The van der Waals surface area contributed by atoms with Crippen LogP contribution in [-0.2, 0) is 0 Å². The van der Waals surface area contributed by atoms with Gasteiger partial charge in [0, 0.05) is 6.08 Å². The number of halogens is 2. The van der Waals surface area contributed by atoms with Crippen LogP contribution in [0.5, 0.6) is 5.75 Å². The van der Waals surface area contributed by atoms with Gasteiger partial charge in [-0.2, -0.15) is 8.78 Å². The van der Waals surface area contributed by atoms with Crippen LogP contribution in [0.2, 0.25) is 0 Å². The molecule has 0 atom stereocenters. The zero-order chi connectivity index (χ0) is 14.4. The topological polar surface area (TPSA) is 9.23 Å². The average molecular weight is 274 g/mol. The molecule has 2 aromatic carbocycles. The van der Waals surface area contributed by atoms with Crippen LogP contribution in [0.25, 0.3) is 17.2 Å². The molecule has 0 N–H and O–H groups in total. The summed E-state index contributed by atoms with van der Waals surface area (Å²) < 4.78 is 29.8. The standard InChI is InChI=1S/C17H16F2O/c1-2-11-20-16-9-7-15(8-10-16)14-5-3-13(4-6-14)12-17(18)19/h3-10,12H,2,11H2,1H3. The van der Waals surface area contributed by atoms with Crippen molar-refractivity contribution in [2.24, 2.45) is 0 Å². The van der Waals surface area contributed by atoms with Gasteiger partial charge in [-0.1, -0.05) is 43.3 Å². The largest absolute Gasteiger partial charge is 0.494 e. The summed E-state index contributed by atoms with van der Waals surface area (Å²) in [6.07, 6.45) is 0.142. The van der Waals surface area contributed by atoms with Crippen LogP contribution in [0.4, 0.5) is 8.78 Å². The minimum absolute atomic E-state index is 0.497. The maximum absolute atomic E-state index is 12.1. The first-order valence-corrected chi connectivity index (χ1v) is 6.55. The van der Waals surface area contributed by atoms with E-state index in [1.54, 1.807) is 12.1 Å². The van der Waals surface area contributed by atoms with Gasteiger partial charge in [0.1, 0.15) is 5.75 Å². The first kappa shape index (κ1) is 14.3. The lowest BCUT2D eigenvalue weighted by atomic mass is 10.0. The molecule has 0 unspecified atom stereocenters. The minimum atomic E-state index is -1.69. The molecule has 0 saturated carbocycles.